The van der Waals surface area contributed by atoms with Crippen LogP contribution in [0.3, 0.4) is 0 Å². The Labute approximate surface area is 126 Å². The second-order valence-electron chi connectivity index (χ2n) is 4.60. The molecule has 108 valence electrons. The molecular weight excluding hydrogens is 290 g/mol. The van der Waals surface area contributed by atoms with E-state index in [2.05, 4.69) is 10.3 Å². The fourth-order valence-electron chi connectivity index (χ4n) is 2.22. The van der Waals surface area contributed by atoms with E-state index in [1.807, 2.05) is 13.0 Å². The zero-order chi connectivity index (χ0) is 14.8. The van der Waals surface area contributed by atoms with E-state index < -0.39 is 0 Å². The number of pyridine rings is 1. The summed E-state index contributed by atoms with van der Waals surface area (Å²) in [6, 6.07) is 7.08. The van der Waals surface area contributed by atoms with Crippen molar-refractivity contribution in [3.05, 3.63) is 58.9 Å². The van der Waals surface area contributed by atoms with E-state index in [1.54, 1.807) is 35.1 Å². The fourth-order valence-corrected chi connectivity index (χ4v) is 2.37. The zero-order valence-electron chi connectivity index (χ0n) is 11.5. The number of nitrogens with zero attached hydrogens (tertiary/aromatic N) is 2. The number of halogens is 1. The highest BCUT2D eigenvalue weighted by Crippen LogP contribution is 2.17. The molecule has 0 atom stereocenters. The standard InChI is InChI=1S/C15H14ClN3O2/c1-2-12-14(15(20)17-9-11-4-3-7-21-11)19-6-5-10(16)8-13(19)18-12/h3-8H,2,9H2,1H3,(H,17,20). The summed E-state index contributed by atoms with van der Waals surface area (Å²) in [5.74, 6) is 0.524. The van der Waals surface area contributed by atoms with E-state index in [4.69, 9.17) is 16.0 Å². The average molecular weight is 304 g/mol. The quantitative estimate of drug-likeness (QED) is 0.806. The highest BCUT2D eigenvalue weighted by atomic mass is 35.5. The molecule has 5 nitrogen and oxygen atoms in total. The van der Waals surface area contributed by atoms with Crippen LogP contribution in [0.25, 0.3) is 5.65 Å². The van der Waals surface area contributed by atoms with Crippen molar-refractivity contribution in [3.8, 4) is 0 Å². The highest BCUT2D eigenvalue weighted by molar-refractivity contribution is 6.30. The molecule has 1 N–H and O–H groups in total. The summed E-state index contributed by atoms with van der Waals surface area (Å²) in [6.07, 6.45) is 4.00. The van der Waals surface area contributed by atoms with Crippen molar-refractivity contribution in [1.29, 1.82) is 0 Å². The molecule has 3 aromatic heterocycles. The van der Waals surface area contributed by atoms with Gasteiger partial charge in [-0.2, -0.15) is 0 Å². The van der Waals surface area contributed by atoms with Gasteiger partial charge in [-0.15, -0.1) is 0 Å². The van der Waals surface area contributed by atoms with Gasteiger partial charge < -0.3 is 9.73 Å². The summed E-state index contributed by atoms with van der Waals surface area (Å²) in [6.45, 7) is 2.31. The number of nitrogens with one attached hydrogen (secondary N) is 1. The number of hydrogen-bond donors (Lipinski definition) is 1. The highest BCUT2D eigenvalue weighted by Gasteiger charge is 2.18. The van der Waals surface area contributed by atoms with E-state index >= 15 is 0 Å². The predicted molar refractivity (Wildman–Crippen MR) is 79.5 cm³/mol. The molecule has 0 fully saturated rings. The van der Waals surface area contributed by atoms with Gasteiger partial charge in [-0.05, 0) is 24.6 Å². The number of fused-ring (bicyclic) bond motifs is 1. The van der Waals surface area contributed by atoms with Crippen LogP contribution in [-0.2, 0) is 13.0 Å². The summed E-state index contributed by atoms with van der Waals surface area (Å²) in [7, 11) is 0. The lowest BCUT2D eigenvalue weighted by atomic mass is 10.2. The van der Waals surface area contributed by atoms with Gasteiger partial charge in [0.2, 0.25) is 0 Å². The molecule has 0 saturated heterocycles. The fraction of sp³-hybridized carbons (Fsp3) is 0.200. The Bertz CT molecular complexity index is 778. The number of rotatable bonds is 4. The number of hydrogen-bond acceptors (Lipinski definition) is 3. The molecular formula is C15H14ClN3O2. The monoisotopic (exact) mass is 303 g/mol. The zero-order valence-corrected chi connectivity index (χ0v) is 12.2. The van der Waals surface area contributed by atoms with Crippen LogP contribution >= 0.6 is 11.6 Å². The van der Waals surface area contributed by atoms with Crippen LogP contribution < -0.4 is 5.32 Å². The predicted octanol–water partition coefficient (Wildman–Crippen LogP) is 3.07. The Hall–Kier alpha value is -2.27. The van der Waals surface area contributed by atoms with E-state index in [1.165, 1.54) is 0 Å². The molecule has 0 aromatic carbocycles. The second kappa shape index (κ2) is 5.61. The maximum absolute atomic E-state index is 12.4. The minimum atomic E-state index is -0.182. The van der Waals surface area contributed by atoms with Gasteiger partial charge in [0.1, 0.15) is 17.1 Å². The van der Waals surface area contributed by atoms with Gasteiger partial charge in [0.05, 0.1) is 18.5 Å². The smallest absolute Gasteiger partial charge is 0.270 e. The molecule has 0 aliphatic carbocycles. The third kappa shape index (κ3) is 2.64. The Balaban J connectivity index is 1.92. The van der Waals surface area contributed by atoms with Crippen LogP contribution in [0.1, 0.15) is 28.9 Å². The topological polar surface area (TPSA) is 59.5 Å². The third-order valence-electron chi connectivity index (χ3n) is 3.21. The van der Waals surface area contributed by atoms with Crippen molar-refractivity contribution >= 4 is 23.2 Å². The van der Waals surface area contributed by atoms with E-state index in [0.29, 0.717) is 35.1 Å². The van der Waals surface area contributed by atoms with Crippen LogP contribution in [0.4, 0.5) is 0 Å². The summed E-state index contributed by atoms with van der Waals surface area (Å²) < 4.78 is 6.96. The van der Waals surface area contributed by atoms with Gasteiger partial charge in [-0.3, -0.25) is 9.20 Å². The molecule has 1 amide bonds. The van der Waals surface area contributed by atoms with Crippen LogP contribution in [0.5, 0.6) is 0 Å². The Morgan fingerprint density at radius 2 is 2.33 bits per heavy atom. The number of furan rings is 1. The van der Waals surface area contributed by atoms with Crippen molar-refractivity contribution in [2.24, 2.45) is 0 Å². The molecule has 0 unspecified atom stereocenters. The molecule has 3 aromatic rings. The summed E-state index contributed by atoms with van der Waals surface area (Å²) in [5, 5.41) is 3.44. The molecule has 0 bridgehead atoms. The average Bonchev–Trinajstić information content (AvgIpc) is 3.11. The normalized spacial score (nSPS) is 11.0. The van der Waals surface area contributed by atoms with Crippen molar-refractivity contribution in [1.82, 2.24) is 14.7 Å². The first-order chi connectivity index (χ1) is 10.2. The lowest BCUT2D eigenvalue weighted by Crippen LogP contribution is -2.25. The second-order valence-corrected chi connectivity index (χ2v) is 5.03. The summed E-state index contributed by atoms with van der Waals surface area (Å²) in [4.78, 5) is 16.9. The maximum Gasteiger partial charge on any atom is 0.270 e. The lowest BCUT2D eigenvalue weighted by molar-refractivity contribution is 0.0941. The molecule has 3 heterocycles. The number of carbonyl (C=O) groups is 1. The van der Waals surface area contributed by atoms with Crippen molar-refractivity contribution in [2.45, 2.75) is 19.9 Å². The minimum Gasteiger partial charge on any atom is -0.467 e. The number of aryl methyl sites for hydroxylation is 1. The van der Waals surface area contributed by atoms with Crippen molar-refractivity contribution in [2.75, 3.05) is 0 Å². The Kier molecular flexibility index (Phi) is 3.66. The summed E-state index contributed by atoms with van der Waals surface area (Å²) >= 11 is 5.97. The molecule has 3 rings (SSSR count). The van der Waals surface area contributed by atoms with Gasteiger partial charge in [0, 0.05) is 17.3 Å². The van der Waals surface area contributed by atoms with Gasteiger partial charge in [0.25, 0.3) is 5.91 Å². The molecule has 0 saturated carbocycles. The van der Waals surface area contributed by atoms with Gasteiger partial charge in [-0.25, -0.2) is 4.98 Å². The Morgan fingerprint density at radius 1 is 1.48 bits per heavy atom. The number of carbonyl (C=O) groups excluding carboxylic acids is 1. The number of aromatic nitrogens is 2. The van der Waals surface area contributed by atoms with Crippen LogP contribution in [0.2, 0.25) is 5.02 Å². The van der Waals surface area contributed by atoms with Crippen LogP contribution in [0, 0.1) is 0 Å². The van der Waals surface area contributed by atoms with E-state index in [0.717, 1.165) is 5.69 Å². The first-order valence-electron chi connectivity index (χ1n) is 6.66. The summed E-state index contributed by atoms with van der Waals surface area (Å²) in [5.41, 5.74) is 1.95. The van der Waals surface area contributed by atoms with Crippen LogP contribution in [0.15, 0.2) is 41.1 Å². The van der Waals surface area contributed by atoms with Crippen LogP contribution in [-0.4, -0.2) is 15.3 Å². The third-order valence-corrected chi connectivity index (χ3v) is 3.45. The van der Waals surface area contributed by atoms with Crippen molar-refractivity contribution < 1.29 is 9.21 Å². The van der Waals surface area contributed by atoms with E-state index in [9.17, 15) is 4.79 Å². The number of amides is 1. The molecule has 0 aliphatic heterocycles. The Morgan fingerprint density at radius 3 is 3.05 bits per heavy atom. The largest absolute Gasteiger partial charge is 0.467 e. The first-order valence-corrected chi connectivity index (χ1v) is 7.04. The number of imidazole rings is 1. The lowest BCUT2D eigenvalue weighted by Gasteiger charge is -2.05. The molecule has 21 heavy (non-hydrogen) atoms. The SMILES string of the molecule is CCc1nc2cc(Cl)ccn2c1C(=O)NCc1ccco1. The van der Waals surface area contributed by atoms with Gasteiger partial charge in [-0.1, -0.05) is 18.5 Å². The van der Waals surface area contributed by atoms with Crippen molar-refractivity contribution in [3.63, 3.8) is 0 Å². The first kappa shape index (κ1) is 13.7. The molecule has 6 heteroatoms. The minimum absolute atomic E-state index is 0.182. The van der Waals surface area contributed by atoms with E-state index in [-0.39, 0.29) is 5.91 Å². The maximum atomic E-state index is 12.4. The molecule has 0 spiro atoms. The molecule has 0 radical (unpaired) electrons. The van der Waals surface area contributed by atoms with Gasteiger partial charge in [0.15, 0.2) is 0 Å². The molecule has 0 aliphatic rings. The van der Waals surface area contributed by atoms with Gasteiger partial charge >= 0.3 is 0 Å².